The second-order valence-electron chi connectivity index (χ2n) is 4.59. The number of nitrogens with two attached hydrogens (primary N) is 1. The molecule has 0 aliphatic rings. The highest BCUT2D eigenvalue weighted by molar-refractivity contribution is 6.31. The first-order valence-electron chi connectivity index (χ1n) is 6.74. The highest BCUT2D eigenvalue weighted by atomic mass is 35.5. The largest absolute Gasteiger partial charge is 0.397 e. The van der Waals surface area contributed by atoms with E-state index in [1.165, 1.54) is 0 Å². The van der Waals surface area contributed by atoms with Crippen LogP contribution in [0.5, 0.6) is 0 Å². The minimum absolute atomic E-state index is 0.0511. The predicted octanol–water partition coefficient (Wildman–Crippen LogP) is 1.19. The summed E-state index contributed by atoms with van der Waals surface area (Å²) in [4.78, 5) is 13.9. The Morgan fingerprint density at radius 3 is 2.81 bits per heavy atom. The topological polar surface area (TPSA) is 87.8 Å². The molecule has 118 valence electrons. The van der Waals surface area contributed by atoms with Crippen LogP contribution in [-0.4, -0.2) is 55.9 Å². The average molecular weight is 316 g/mol. The Morgan fingerprint density at radius 1 is 1.43 bits per heavy atom. The van der Waals surface area contributed by atoms with Crippen molar-refractivity contribution in [3.8, 4) is 0 Å². The number of benzene rings is 1. The highest BCUT2D eigenvalue weighted by Crippen LogP contribution is 2.22. The first-order chi connectivity index (χ1) is 10.1. The van der Waals surface area contributed by atoms with Crippen LogP contribution in [0.1, 0.15) is 6.42 Å². The molecule has 1 amide bonds. The van der Waals surface area contributed by atoms with E-state index in [-0.39, 0.29) is 12.5 Å². The second kappa shape index (κ2) is 9.57. The molecular formula is C14H22ClN3O3. The summed E-state index contributed by atoms with van der Waals surface area (Å²) in [7, 11) is 1.62. The number of hydrogen-bond acceptors (Lipinski definition) is 5. The number of aliphatic hydroxyl groups is 1. The van der Waals surface area contributed by atoms with Crippen LogP contribution in [0.15, 0.2) is 18.2 Å². The number of nitrogens with one attached hydrogen (secondary N) is 1. The zero-order valence-corrected chi connectivity index (χ0v) is 12.9. The van der Waals surface area contributed by atoms with Gasteiger partial charge in [0.15, 0.2) is 0 Å². The van der Waals surface area contributed by atoms with Gasteiger partial charge in [0, 0.05) is 38.2 Å². The molecule has 0 bridgehead atoms. The van der Waals surface area contributed by atoms with Crippen molar-refractivity contribution in [2.24, 2.45) is 0 Å². The monoisotopic (exact) mass is 315 g/mol. The van der Waals surface area contributed by atoms with Gasteiger partial charge in [-0.2, -0.15) is 0 Å². The predicted molar refractivity (Wildman–Crippen MR) is 84.5 cm³/mol. The van der Waals surface area contributed by atoms with Gasteiger partial charge < -0.3 is 20.9 Å². The maximum Gasteiger partial charge on any atom is 0.225 e. The summed E-state index contributed by atoms with van der Waals surface area (Å²) in [6.07, 6.45) is 0.311. The molecule has 0 atom stereocenters. The number of anilines is 2. The number of nitrogens with zero attached hydrogens (tertiary/aromatic N) is 1. The number of rotatable bonds is 9. The van der Waals surface area contributed by atoms with E-state index in [0.29, 0.717) is 49.1 Å². The van der Waals surface area contributed by atoms with Gasteiger partial charge in [0.05, 0.1) is 24.6 Å². The lowest BCUT2D eigenvalue weighted by Crippen LogP contribution is -2.33. The third-order valence-electron chi connectivity index (χ3n) is 2.97. The fraction of sp³-hybridized carbons (Fsp3) is 0.500. The van der Waals surface area contributed by atoms with Crippen molar-refractivity contribution in [2.45, 2.75) is 6.42 Å². The van der Waals surface area contributed by atoms with E-state index in [2.05, 4.69) is 5.32 Å². The van der Waals surface area contributed by atoms with Crippen molar-refractivity contribution >= 4 is 28.9 Å². The van der Waals surface area contributed by atoms with E-state index in [0.717, 1.165) is 0 Å². The molecule has 0 radical (unpaired) electrons. The number of aliphatic hydroxyl groups excluding tert-OH is 1. The van der Waals surface area contributed by atoms with Gasteiger partial charge in [-0.25, -0.2) is 0 Å². The number of amides is 1. The summed E-state index contributed by atoms with van der Waals surface area (Å²) in [5, 5.41) is 12.3. The van der Waals surface area contributed by atoms with Gasteiger partial charge in [0.2, 0.25) is 5.91 Å². The Bertz CT molecular complexity index is 457. The number of hydrogen-bond donors (Lipinski definition) is 3. The van der Waals surface area contributed by atoms with Crippen LogP contribution in [0, 0.1) is 0 Å². The molecular weight excluding hydrogens is 294 g/mol. The van der Waals surface area contributed by atoms with Crippen molar-refractivity contribution in [2.75, 3.05) is 51.0 Å². The Morgan fingerprint density at radius 2 is 2.19 bits per heavy atom. The van der Waals surface area contributed by atoms with Gasteiger partial charge in [-0.1, -0.05) is 11.6 Å². The Labute approximate surface area is 129 Å². The molecule has 1 aromatic carbocycles. The molecule has 0 heterocycles. The van der Waals surface area contributed by atoms with E-state index >= 15 is 0 Å². The molecule has 0 unspecified atom stereocenters. The Kier molecular flexibility index (Phi) is 8.07. The normalized spacial score (nSPS) is 10.9. The second-order valence-corrected chi connectivity index (χ2v) is 5.02. The van der Waals surface area contributed by atoms with Crippen LogP contribution < -0.4 is 11.1 Å². The third kappa shape index (κ3) is 6.77. The van der Waals surface area contributed by atoms with Crippen molar-refractivity contribution in [3.05, 3.63) is 23.2 Å². The van der Waals surface area contributed by atoms with E-state index in [9.17, 15) is 4.79 Å². The molecule has 0 aliphatic carbocycles. The summed E-state index contributed by atoms with van der Waals surface area (Å²) >= 11 is 5.80. The molecule has 0 aliphatic heterocycles. The number of carbonyl (C=O) groups excluding carboxylic acids is 1. The van der Waals surface area contributed by atoms with E-state index in [4.69, 9.17) is 27.2 Å². The van der Waals surface area contributed by atoms with Gasteiger partial charge >= 0.3 is 0 Å². The zero-order chi connectivity index (χ0) is 15.7. The van der Waals surface area contributed by atoms with Crippen molar-refractivity contribution in [1.29, 1.82) is 0 Å². The van der Waals surface area contributed by atoms with E-state index < -0.39 is 0 Å². The number of carbonyl (C=O) groups is 1. The van der Waals surface area contributed by atoms with Crippen molar-refractivity contribution in [3.63, 3.8) is 0 Å². The van der Waals surface area contributed by atoms with E-state index in [1.54, 1.807) is 25.3 Å². The summed E-state index contributed by atoms with van der Waals surface area (Å²) in [5.41, 5.74) is 6.76. The van der Waals surface area contributed by atoms with Crippen LogP contribution in [0.25, 0.3) is 0 Å². The Balaban J connectivity index is 2.44. The number of ether oxygens (including phenoxy) is 1. The highest BCUT2D eigenvalue weighted by Gasteiger charge is 2.09. The van der Waals surface area contributed by atoms with Crippen LogP contribution >= 0.6 is 11.6 Å². The lowest BCUT2D eigenvalue weighted by atomic mass is 10.2. The van der Waals surface area contributed by atoms with E-state index in [1.807, 2.05) is 4.90 Å². The van der Waals surface area contributed by atoms with Crippen LogP contribution in [0.4, 0.5) is 11.4 Å². The fourth-order valence-electron chi connectivity index (χ4n) is 1.82. The standard InChI is InChI=1S/C14H22ClN3O3/c1-21-9-7-18(6-8-19)5-4-14(20)17-13-3-2-11(15)10-12(13)16/h2-3,10,19H,4-9,16H2,1H3,(H,17,20). The van der Waals surface area contributed by atoms with Crippen LogP contribution in [-0.2, 0) is 9.53 Å². The van der Waals surface area contributed by atoms with Gasteiger partial charge in [-0.15, -0.1) is 0 Å². The molecule has 1 aromatic rings. The van der Waals surface area contributed by atoms with Crippen LogP contribution in [0.3, 0.4) is 0 Å². The zero-order valence-electron chi connectivity index (χ0n) is 12.1. The van der Waals surface area contributed by atoms with Gasteiger partial charge in [0.1, 0.15) is 0 Å². The molecule has 0 fully saturated rings. The number of halogens is 1. The molecule has 0 spiro atoms. The lowest BCUT2D eigenvalue weighted by molar-refractivity contribution is -0.116. The fourth-order valence-corrected chi connectivity index (χ4v) is 2.00. The summed E-state index contributed by atoms with van der Waals surface area (Å²) in [6, 6.07) is 4.93. The molecule has 7 heteroatoms. The van der Waals surface area contributed by atoms with Gasteiger partial charge in [0.25, 0.3) is 0 Å². The SMILES string of the molecule is COCCN(CCO)CCC(=O)Nc1ccc(Cl)cc1N. The van der Waals surface area contributed by atoms with Crippen molar-refractivity contribution < 1.29 is 14.6 Å². The molecule has 6 nitrogen and oxygen atoms in total. The van der Waals surface area contributed by atoms with Crippen LogP contribution in [0.2, 0.25) is 5.02 Å². The summed E-state index contributed by atoms with van der Waals surface area (Å²) in [5.74, 6) is -0.135. The molecule has 21 heavy (non-hydrogen) atoms. The number of nitrogen functional groups attached to an aromatic ring is 1. The molecule has 0 saturated heterocycles. The maximum absolute atomic E-state index is 11.9. The molecule has 1 rings (SSSR count). The summed E-state index contributed by atoms with van der Waals surface area (Å²) < 4.78 is 5.00. The van der Waals surface area contributed by atoms with Gasteiger partial charge in [-0.05, 0) is 18.2 Å². The molecule has 0 aromatic heterocycles. The van der Waals surface area contributed by atoms with Crippen molar-refractivity contribution in [1.82, 2.24) is 4.90 Å². The number of methoxy groups -OCH3 is 1. The summed E-state index contributed by atoms with van der Waals surface area (Å²) in [6.45, 7) is 2.34. The maximum atomic E-state index is 11.9. The lowest BCUT2D eigenvalue weighted by Gasteiger charge is -2.20. The minimum Gasteiger partial charge on any atom is -0.397 e. The average Bonchev–Trinajstić information content (AvgIpc) is 2.45. The minimum atomic E-state index is -0.135. The Hall–Kier alpha value is -1.34. The first-order valence-corrected chi connectivity index (χ1v) is 7.11. The first kappa shape index (κ1) is 17.7. The quantitative estimate of drug-likeness (QED) is 0.596. The van der Waals surface area contributed by atoms with Gasteiger partial charge in [-0.3, -0.25) is 9.69 Å². The third-order valence-corrected chi connectivity index (χ3v) is 3.21. The molecule has 0 saturated carbocycles. The molecule has 4 N–H and O–H groups in total. The smallest absolute Gasteiger partial charge is 0.225 e.